The van der Waals surface area contributed by atoms with E-state index in [2.05, 4.69) is 6.58 Å². The zero-order valence-electron chi connectivity index (χ0n) is 6.45. The largest absolute Gasteiger partial charge is 0.370 e. The van der Waals surface area contributed by atoms with E-state index in [4.69, 9.17) is 0 Å². The van der Waals surface area contributed by atoms with E-state index in [0.717, 1.165) is 0 Å². The van der Waals surface area contributed by atoms with Crippen LogP contribution in [0.1, 0.15) is 6.92 Å². The Balaban J connectivity index is 2.72. The van der Waals surface area contributed by atoms with Gasteiger partial charge >= 0.3 is 0 Å². The van der Waals surface area contributed by atoms with Crippen molar-refractivity contribution in [2.45, 2.75) is 13.2 Å². The van der Waals surface area contributed by atoms with Gasteiger partial charge in [0, 0.05) is 12.1 Å². The van der Waals surface area contributed by atoms with Gasteiger partial charge in [0.25, 0.3) is 5.91 Å². The second kappa shape index (κ2) is 2.88. The van der Waals surface area contributed by atoms with Crippen molar-refractivity contribution >= 4 is 5.91 Å². The number of carbonyl (C=O) groups excluding carboxylic acids is 1. The third-order valence-corrected chi connectivity index (χ3v) is 1.64. The van der Waals surface area contributed by atoms with E-state index in [1.807, 2.05) is 0 Å². The minimum atomic E-state index is -0.763. The molecule has 0 bridgehead atoms. The summed E-state index contributed by atoms with van der Waals surface area (Å²) in [7, 11) is 0. The summed E-state index contributed by atoms with van der Waals surface area (Å²) in [5.41, 5.74) is 0.597. The molecule has 1 heterocycles. The fourth-order valence-corrected chi connectivity index (χ4v) is 1.06. The van der Waals surface area contributed by atoms with Gasteiger partial charge in [0.15, 0.2) is 0 Å². The van der Waals surface area contributed by atoms with Crippen LogP contribution in [-0.2, 0) is 4.79 Å². The van der Waals surface area contributed by atoms with Crippen LogP contribution in [0.5, 0.6) is 0 Å². The summed E-state index contributed by atoms with van der Waals surface area (Å²) in [6, 6.07) is 0. The van der Waals surface area contributed by atoms with Crippen molar-refractivity contribution in [3.8, 4) is 0 Å². The van der Waals surface area contributed by atoms with E-state index in [0.29, 0.717) is 12.1 Å². The Morgan fingerprint density at radius 3 is 2.91 bits per heavy atom. The average molecular weight is 153 g/mol. The molecule has 0 aliphatic carbocycles. The molecule has 0 spiro atoms. The Hall–Kier alpha value is -1.09. The SMILES string of the molecule is C=CCN1C(=O)C(C)=CC1O. The molecule has 11 heavy (non-hydrogen) atoms. The first-order valence-electron chi connectivity index (χ1n) is 3.45. The maximum atomic E-state index is 11.2. The molecule has 1 aliphatic rings. The van der Waals surface area contributed by atoms with Crippen molar-refractivity contribution < 1.29 is 9.90 Å². The van der Waals surface area contributed by atoms with E-state index in [1.54, 1.807) is 13.0 Å². The minimum absolute atomic E-state index is 0.114. The number of aliphatic hydroxyl groups excluding tert-OH is 1. The van der Waals surface area contributed by atoms with Crippen molar-refractivity contribution in [1.29, 1.82) is 0 Å². The molecule has 1 atom stereocenters. The van der Waals surface area contributed by atoms with Gasteiger partial charge in [-0.1, -0.05) is 6.08 Å². The van der Waals surface area contributed by atoms with Crippen molar-refractivity contribution in [1.82, 2.24) is 4.90 Å². The third-order valence-electron chi connectivity index (χ3n) is 1.64. The first-order chi connectivity index (χ1) is 5.16. The lowest BCUT2D eigenvalue weighted by molar-refractivity contribution is -0.130. The first-order valence-corrected chi connectivity index (χ1v) is 3.45. The molecule has 0 aromatic rings. The third kappa shape index (κ3) is 1.33. The van der Waals surface area contributed by atoms with Gasteiger partial charge in [0.1, 0.15) is 6.23 Å². The molecule has 3 nitrogen and oxygen atoms in total. The Kier molecular flexibility index (Phi) is 2.10. The molecule has 1 amide bonds. The summed E-state index contributed by atoms with van der Waals surface area (Å²) in [5.74, 6) is -0.114. The molecule has 60 valence electrons. The van der Waals surface area contributed by atoms with Crippen LogP contribution in [0.2, 0.25) is 0 Å². The molecular formula is C8H11NO2. The van der Waals surface area contributed by atoms with Gasteiger partial charge in [0.2, 0.25) is 0 Å². The highest BCUT2D eigenvalue weighted by Gasteiger charge is 2.26. The smallest absolute Gasteiger partial charge is 0.251 e. The van der Waals surface area contributed by atoms with Crippen LogP contribution in [0.15, 0.2) is 24.3 Å². The number of aliphatic hydroxyl groups is 1. The highest BCUT2D eigenvalue weighted by atomic mass is 16.3. The fourth-order valence-electron chi connectivity index (χ4n) is 1.06. The summed E-state index contributed by atoms with van der Waals surface area (Å²) in [6.07, 6.45) is 2.36. The van der Waals surface area contributed by atoms with Crippen molar-refractivity contribution in [2.24, 2.45) is 0 Å². The number of amides is 1. The first kappa shape index (κ1) is 8.01. The molecule has 0 aromatic heterocycles. The molecule has 0 saturated heterocycles. The van der Waals surface area contributed by atoms with E-state index in [-0.39, 0.29) is 5.91 Å². The number of rotatable bonds is 2. The van der Waals surface area contributed by atoms with Gasteiger partial charge < -0.3 is 10.0 Å². The topological polar surface area (TPSA) is 40.5 Å². The van der Waals surface area contributed by atoms with Gasteiger partial charge in [-0.05, 0) is 13.0 Å². The number of hydrogen-bond donors (Lipinski definition) is 1. The number of carbonyl (C=O) groups is 1. The predicted molar refractivity (Wildman–Crippen MR) is 41.7 cm³/mol. The van der Waals surface area contributed by atoms with Crippen molar-refractivity contribution in [3.05, 3.63) is 24.3 Å². The molecule has 1 aliphatic heterocycles. The van der Waals surface area contributed by atoms with E-state index in [1.165, 1.54) is 11.0 Å². The zero-order chi connectivity index (χ0) is 8.43. The highest BCUT2D eigenvalue weighted by Crippen LogP contribution is 2.14. The molecule has 1 N–H and O–H groups in total. The van der Waals surface area contributed by atoms with E-state index >= 15 is 0 Å². The van der Waals surface area contributed by atoms with Crippen LogP contribution in [0, 0.1) is 0 Å². The van der Waals surface area contributed by atoms with Gasteiger partial charge in [-0.2, -0.15) is 0 Å². The van der Waals surface area contributed by atoms with Gasteiger partial charge in [-0.15, -0.1) is 6.58 Å². The monoisotopic (exact) mass is 153 g/mol. The maximum absolute atomic E-state index is 11.2. The standard InChI is InChI=1S/C8H11NO2/c1-3-4-9-7(10)5-6(2)8(9)11/h3,5,7,10H,1,4H2,2H3. The lowest BCUT2D eigenvalue weighted by Gasteiger charge is -2.17. The molecule has 0 radical (unpaired) electrons. The van der Waals surface area contributed by atoms with E-state index in [9.17, 15) is 9.90 Å². The summed E-state index contributed by atoms with van der Waals surface area (Å²) < 4.78 is 0. The molecule has 1 unspecified atom stereocenters. The van der Waals surface area contributed by atoms with E-state index < -0.39 is 6.23 Å². The van der Waals surface area contributed by atoms with Crippen LogP contribution in [0.3, 0.4) is 0 Å². The molecule has 0 saturated carbocycles. The summed E-state index contributed by atoms with van der Waals surface area (Å²) in [6.45, 7) is 5.58. The van der Waals surface area contributed by atoms with Gasteiger partial charge in [-0.3, -0.25) is 4.79 Å². The van der Waals surface area contributed by atoms with Crippen LogP contribution in [-0.4, -0.2) is 28.7 Å². The Labute approximate surface area is 65.6 Å². The second-order valence-electron chi connectivity index (χ2n) is 2.51. The summed E-state index contributed by atoms with van der Waals surface area (Å²) >= 11 is 0. The Bertz CT molecular complexity index is 220. The van der Waals surface area contributed by atoms with Crippen LogP contribution >= 0.6 is 0 Å². The number of hydrogen-bond acceptors (Lipinski definition) is 2. The lowest BCUT2D eigenvalue weighted by Crippen LogP contribution is -2.34. The minimum Gasteiger partial charge on any atom is -0.370 e. The fraction of sp³-hybridized carbons (Fsp3) is 0.375. The summed E-state index contributed by atoms with van der Waals surface area (Å²) in [5, 5.41) is 9.24. The Morgan fingerprint density at radius 2 is 2.55 bits per heavy atom. The molecule has 1 rings (SSSR count). The molecule has 3 heteroatoms. The maximum Gasteiger partial charge on any atom is 0.251 e. The number of nitrogens with zero attached hydrogens (tertiary/aromatic N) is 1. The van der Waals surface area contributed by atoms with Gasteiger partial charge in [0.05, 0.1) is 0 Å². The predicted octanol–water partition coefficient (Wildman–Crippen LogP) is 0.279. The summed E-state index contributed by atoms with van der Waals surface area (Å²) in [4.78, 5) is 12.5. The lowest BCUT2D eigenvalue weighted by atomic mass is 10.3. The second-order valence-corrected chi connectivity index (χ2v) is 2.51. The van der Waals surface area contributed by atoms with Gasteiger partial charge in [-0.25, -0.2) is 0 Å². The highest BCUT2D eigenvalue weighted by molar-refractivity contribution is 5.95. The quantitative estimate of drug-likeness (QED) is 0.579. The van der Waals surface area contributed by atoms with Crippen molar-refractivity contribution in [2.75, 3.05) is 6.54 Å². The average Bonchev–Trinajstić information content (AvgIpc) is 2.17. The Morgan fingerprint density at radius 1 is 1.91 bits per heavy atom. The van der Waals surface area contributed by atoms with Crippen LogP contribution < -0.4 is 0 Å². The zero-order valence-corrected chi connectivity index (χ0v) is 6.45. The molecular weight excluding hydrogens is 142 g/mol. The molecule has 0 aromatic carbocycles. The van der Waals surface area contributed by atoms with Crippen molar-refractivity contribution in [3.63, 3.8) is 0 Å². The normalized spacial score (nSPS) is 23.8. The van der Waals surface area contributed by atoms with Crippen LogP contribution in [0.4, 0.5) is 0 Å². The van der Waals surface area contributed by atoms with Crippen LogP contribution in [0.25, 0.3) is 0 Å². The molecule has 0 fully saturated rings.